The molecular formula is C20H18ClN5O4. The first-order chi connectivity index (χ1) is 14.4. The zero-order valence-corrected chi connectivity index (χ0v) is 17.0. The second kappa shape index (κ2) is 7.75. The summed E-state index contributed by atoms with van der Waals surface area (Å²) < 4.78 is 5.10. The lowest BCUT2D eigenvalue weighted by molar-refractivity contribution is -0.123. The molecule has 2 aromatic rings. The van der Waals surface area contributed by atoms with Crippen LogP contribution in [0.15, 0.2) is 52.8 Å². The van der Waals surface area contributed by atoms with Gasteiger partial charge in [-0.15, -0.1) is 0 Å². The van der Waals surface area contributed by atoms with Crippen LogP contribution >= 0.6 is 11.6 Å². The predicted octanol–water partition coefficient (Wildman–Crippen LogP) is 2.59. The normalized spacial score (nSPS) is 20.0. The molecule has 2 atom stereocenters. The van der Waals surface area contributed by atoms with Crippen molar-refractivity contribution >= 4 is 40.7 Å². The minimum Gasteiger partial charge on any atom is -0.495 e. The average Bonchev–Trinajstić information content (AvgIpc) is 3.23. The Morgan fingerprint density at radius 2 is 1.90 bits per heavy atom. The summed E-state index contributed by atoms with van der Waals surface area (Å²) in [6, 6.07) is 9.95. The van der Waals surface area contributed by atoms with Gasteiger partial charge in [0.25, 0.3) is 11.8 Å². The molecule has 3 amide bonds. The number of amides is 3. The van der Waals surface area contributed by atoms with Crippen molar-refractivity contribution in [2.75, 3.05) is 23.9 Å². The van der Waals surface area contributed by atoms with Crippen molar-refractivity contribution in [1.82, 2.24) is 5.01 Å². The Morgan fingerprint density at radius 3 is 2.57 bits per heavy atom. The van der Waals surface area contributed by atoms with Gasteiger partial charge >= 0.3 is 0 Å². The van der Waals surface area contributed by atoms with Crippen LogP contribution < -0.4 is 15.0 Å². The van der Waals surface area contributed by atoms with E-state index in [4.69, 9.17) is 16.3 Å². The van der Waals surface area contributed by atoms with Crippen molar-refractivity contribution in [3.05, 3.63) is 53.1 Å². The van der Waals surface area contributed by atoms with E-state index in [-0.39, 0.29) is 17.5 Å². The van der Waals surface area contributed by atoms with E-state index in [2.05, 4.69) is 15.7 Å². The van der Waals surface area contributed by atoms with Crippen molar-refractivity contribution in [3.8, 4) is 5.75 Å². The van der Waals surface area contributed by atoms with Crippen LogP contribution in [0.3, 0.4) is 0 Å². The summed E-state index contributed by atoms with van der Waals surface area (Å²) in [4.78, 5) is 39.2. The van der Waals surface area contributed by atoms with Crippen molar-refractivity contribution in [3.63, 3.8) is 0 Å². The van der Waals surface area contributed by atoms with Gasteiger partial charge in [0.2, 0.25) is 5.91 Å². The molecule has 2 heterocycles. The molecule has 1 saturated heterocycles. The quantitative estimate of drug-likeness (QED) is 0.738. The third kappa shape index (κ3) is 3.48. The lowest BCUT2D eigenvalue weighted by atomic mass is 10.1. The van der Waals surface area contributed by atoms with Crippen molar-refractivity contribution < 1.29 is 19.1 Å². The molecule has 0 bridgehead atoms. The van der Waals surface area contributed by atoms with Gasteiger partial charge in [0.15, 0.2) is 12.1 Å². The molecule has 2 aliphatic rings. The number of ether oxygens (including phenoxy) is 1. The van der Waals surface area contributed by atoms with Crippen molar-refractivity contribution in [2.45, 2.75) is 19.0 Å². The standard InChI is InChI=1S/C20H18ClN5O4/c1-11-3-5-12(6-4-11)22-16(27)10-25-18-17(23-24-25)19(28)26(20(18)29)13-7-8-15(30-2)14(21)9-13/h3-9,17-18H,10H2,1-2H3,(H,22,27). The number of halogens is 1. The third-order valence-corrected chi connectivity index (χ3v) is 5.19. The molecular weight excluding hydrogens is 410 g/mol. The lowest BCUT2D eigenvalue weighted by Gasteiger charge is -2.20. The Labute approximate surface area is 177 Å². The highest BCUT2D eigenvalue weighted by Crippen LogP contribution is 2.35. The number of hydrogen-bond donors (Lipinski definition) is 1. The number of carbonyl (C=O) groups excluding carboxylic acids is 3. The van der Waals surface area contributed by atoms with Gasteiger partial charge in [-0.1, -0.05) is 34.5 Å². The fraction of sp³-hybridized carbons (Fsp3) is 0.250. The fourth-order valence-electron chi connectivity index (χ4n) is 3.39. The number of anilines is 2. The molecule has 30 heavy (non-hydrogen) atoms. The third-order valence-electron chi connectivity index (χ3n) is 4.89. The van der Waals surface area contributed by atoms with Crippen LogP contribution in [0.1, 0.15) is 5.56 Å². The van der Waals surface area contributed by atoms with Crippen molar-refractivity contribution in [2.24, 2.45) is 10.3 Å². The maximum absolute atomic E-state index is 13.0. The van der Waals surface area contributed by atoms with Gasteiger partial charge in [0.1, 0.15) is 12.3 Å². The number of methoxy groups -OCH3 is 1. The second-order valence-electron chi connectivity index (χ2n) is 6.94. The van der Waals surface area contributed by atoms with E-state index < -0.39 is 23.9 Å². The van der Waals surface area contributed by atoms with Gasteiger partial charge in [-0.3, -0.25) is 19.4 Å². The van der Waals surface area contributed by atoms with Crippen LogP contribution in [-0.4, -0.2) is 48.5 Å². The van der Waals surface area contributed by atoms with E-state index in [9.17, 15) is 14.4 Å². The molecule has 0 radical (unpaired) electrons. The summed E-state index contributed by atoms with van der Waals surface area (Å²) in [5, 5.41) is 12.0. The van der Waals surface area contributed by atoms with Gasteiger partial charge in [-0.05, 0) is 37.3 Å². The zero-order chi connectivity index (χ0) is 21.4. The van der Waals surface area contributed by atoms with E-state index >= 15 is 0 Å². The first-order valence-corrected chi connectivity index (χ1v) is 9.52. The van der Waals surface area contributed by atoms with Crippen LogP contribution in [0, 0.1) is 6.92 Å². The highest BCUT2D eigenvalue weighted by molar-refractivity contribution is 6.33. The maximum Gasteiger partial charge on any atom is 0.263 e. The summed E-state index contributed by atoms with van der Waals surface area (Å²) in [7, 11) is 1.47. The van der Waals surface area contributed by atoms with Crippen LogP contribution in [0.5, 0.6) is 5.75 Å². The molecule has 4 rings (SSSR count). The maximum atomic E-state index is 13.0. The SMILES string of the molecule is COc1ccc(N2C(=O)C3N=NN(CC(=O)Nc4ccc(C)cc4)C3C2=O)cc1Cl. The van der Waals surface area contributed by atoms with Crippen LogP contribution in [0.25, 0.3) is 0 Å². The van der Waals surface area contributed by atoms with Crippen molar-refractivity contribution in [1.29, 1.82) is 0 Å². The summed E-state index contributed by atoms with van der Waals surface area (Å²) in [6.45, 7) is 1.73. The first-order valence-electron chi connectivity index (χ1n) is 9.14. The number of fused-ring (bicyclic) bond motifs is 1. The highest BCUT2D eigenvalue weighted by atomic mass is 35.5. The number of rotatable bonds is 5. The zero-order valence-electron chi connectivity index (χ0n) is 16.2. The molecule has 1 N–H and O–H groups in total. The Balaban J connectivity index is 1.49. The minimum atomic E-state index is -0.995. The molecule has 9 nitrogen and oxygen atoms in total. The fourth-order valence-corrected chi connectivity index (χ4v) is 3.64. The number of imide groups is 1. The lowest BCUT2D eigenvalue weighted by Crippen LogP contribution is -2.43. The van der Waals surface area contributed by atoms with E-state index in [1.165, 1.54) is 18.2 Å². The summed E-state index contributed by atoms with van der Waals surface area (Å²) >= 11 is 6.13. The largest absolute Gasteiger partial charge is 0.495 e. The molecule has 0 aromatic heterocycles. The average molecular weight is 428 g/mol. The number of hydrogen-bond acceptors (Lipinski definition) is 7. The molecule has 0 saturated carbocycles. The van der Waals surface area contributed by atoms with Crippen LogP contribution in [0.4, 0.5) is 11.4 Å². The Kier molecular flexibility index (Phi) is 5.13. The molecule has 0 spiro atoms. The number of nitrogens with zero attached hydrogens (tertiary/aromatic N) is 4. The van der Waals surface area contributed by atoms with Gasteiger partial charge in [0, 0.05) is 5.69 Å². The minimum absolute atomic E-state index is 0.214. The van der Waals surface area contributed by atoms with Gasteiger partial charge < -0.3 is 10.1 Å². The first kappa shape index (κ1) is 19.8. The van der Waals surface area contributed by atoms with E-state index in [1.807, 2.05) is 19.1 Å². The number of nitrogens with one attached hydrogen (secondary N) is 1. The van der Waals surface area contributed by atoms with E-state index in [1.54, 1.807) is 24.3 Å². The summed E-state index contributed by atoms with van der Waals surface area (Å²) in [5.74, 6) is -0.978. The Bertz CT molecular complexity index is 1060. The Morgan fingerprint density at radius 1 is 1.17 bits per heavy atom. The smallest absolute Gasteiger partial charge is 0.263 e. The number of aryl methyl sites for hydroxylation is 1. The molecule has 1 fully saturated rings. The molecule has 2 aromatic carbocycles. The predicted molar refractivity (Wildman–Crippen MR) is 109 cm³/mol. The Hall–Kier alpha value is -3.46. The van der Waals surface area contributed by atoms with Gasteiger partial charge in [0.05, 0.1) is 17.8 Å². The van der Waals surface area contributed by atoms with Gasteiger partial charge in [-0.25, -0.2) is 4.90 Å². The molecule has 2 aliphatic heterocycles. The molecule has 2 unspecified atom stereocenters. The topological polar surface area (TPSA) is 104 Å². The molecule has 154 valence electrons. The van der Waals surface area contributed by atoms with E-state index in [0.717, 1.165) is 10.5 Å². The molecule has 10 heteroatoms. The van der Waals surface area contributed by atoms with E-state index in [0.29, 0.717) is 17.1 Å². The molecule has 0 aliphatic carbocycles. The summed E-state index contributed by atoms with van der Waals surface area (Å²) in [5.41, 5.74) is 2.00. The number of benzene rings is 2. The monoisotopic (exact) mass is 427 g/mol. The van der Waals surface area contributed by atoms with Crippen LogP contribution in [-0.2, 0) is 14.4 Å². The summed E-state index contributed by atoms with van der Waals surface area (Å²) in [6.07, 6.45) is 0. The number of carbonyl (C=O) groups is 3. The van der Waals surface area contributed by atoms with Gasteiger partial charge in [-0.2, -0.15) is 5.11 Å². The van der Waals surface area contributed by atoms with Crippen LogP contribution in [0.2, 0.25) is 5.02 Å². The highest BCUT2D eigenvalue weighted by Gasteiger charge is 2.55. The second-order valence-corrected chi connectivity index (χ2v) is 7.34.